The van der Waals surface area contributed by atoms with Crippen molar-refractivity contribution in [3.63, 3.8) is 0 Å². The molecule has 2 aromatic heterocycles. The van der Waals surface area contributed by atoms with E-state index >= 15 is 0 Å². The SMILES string of the molecule is C=CC(=O)N1[C@H](C)CN(c2nc(=O)n3c4c(c(Cl)c(C(F)(F)F)cc24)SC[C@H](c2cnccn2)C3)C[C@@H]1C. The molecule has 0 N–H and O–H groups in total. The van der Waals surface area contributed by atoms with Crippen molar-refractivity contribution in [2.75, 3.05) is 23.7 Å². The molecule has 0 spiro atoms. The third kappa shape index (κ3) is 4.53. The van der Waals surface area contributed by atoms with Gasteiger partial charge in [-0.25, -0.2) is 4.79 Å². The first-order chi connectivity index (χ1) is 18.0. The summed E-state index contributed by atoms with van der Waals surface area (Å²) in [5.41, 5.74) is -0.637. The molecule has 1 aromatic carbocycles. The van der Waals surface area contributed by atoms with Gasteiger partial charge in [-0.05, 0) is 26.0 Å². The van der Waals surface area contributed by atoms with Crippen molar-refractivity contribution >= 4 is 46.0 Å². The summed E-state index contributed by atoms with van der Waals surface area (Å²) in [6.07, 6.45) is 1.17. The molecule has 38 heavy (non-hydrogen) atoms. The van der Waals surface area contributed by atoms with Gasteiger partial charge in [0.05, 0.1) is 26.7 Å². The molecule has 0 radical (unpaired) electrons. The molecule has 2 aliphatic rings. The normalized spacial score (nSPS) is 21.9. The summed E-state index contributed by atoms with van der Waals surface area (Å²) in [6.45, 7) is 7.96. The lowest BCUT2D eigenvalue weighted by atomic mass is 10.0. The molecule has 0 aliphatic carbocycles. The van der Waals surface area contributed by atoms with E-state index in [9.17, 15) is 22.8 Å². The maximum atomic E-state index is 14.1. The quantitative estimate of drug-likeness (QED) is 0.437. The van der Waals surface area contributed by atoms with E-state index in [2.05, 4.69) is 21.5 Å². The Morgan fingerprint density at radius 3 is 2.53 bits per heavy atom. The molecular weight excluding hydrogens is 541 g/mol. The Labute approximate surface area is 225 Å². The van der Waals surface area contributed by atoms with E-state index < -0.39 is 22.5 Å². The molecule has 200 valence electrons. The summed E-state index contributed by atoms with van der Waals surface area (Å²) < 4.78 is 43.8. The Balaban J connectivity index is 1.70. The summed E-state index contributed by atoms with van der Waals surface area (Å²) in [7, 11) is 0. The number of alkyl halides is 3. The van der Waals surface area contributed by atoms with Crippen LogP contribution in [0.1, 0.15) is 31.0 Å². The number of thioether (sulfide) groups is 1. The number of piperazine rings is 1. The van der Waals surface area contributed by atoms with Gasteiger partial charge in [0, 0.05) is 67.4 Å². The Bertz CT molecular complexity index is 1470. The summed E-state index contributed by atoms with van der Waals surface area (Å²) in [5, 5.41) is -0.255. The lowest BCUT2D eigenvalue weighted by molar-refractivity contribution is -0.137. The van der Waals surface area contributed by atoms with E-state index in [-0.39, 0.29) is 59.6 Å². The standard InChI is InChI=1S/C25H24ClF3N6O2S/c1-4-19(36)35-13(2)9-33(10-14(35)3)23-16-7-17(25(27,28)29)20(26)22-21(16)34(24(37)32-23)11-15(12-38-22)18-8-30-5-6-31-18/h4-8,13-15H,1,9-12H2,2-3H3/t13-,14+,15-/m1/s1. The molecule has 1 saturated heterocycles. The van der Waals surface area contributed by atoms with Crippen LogP contribution in [0, 0.1) is 0 Å². The summed E-state index contributed by atoms with van der Waals surface area (Å²) in [4.78, 5) is 42.2. The number of aromatic nitrogens is 4. The van der Waals surface area contributed by atoms with Gasteiger partial charge in [-0.3, -0.25) is 19.3 Å². The van der Waals surface area contributed by atoms with Crippen LogP contribution in [0.5, 0.6) is 0 Å². The second kappa shape index (κ2) is 9.88. The molecule has 13 heteroatoms. The van der Waals surface area contributed by atoms with Crippen LogP contribution in [0.3, 0.4) is 0 Å². The van der Waals surface area contributed by atoms with Crippen LogP contribution in [0.15, 0.2) is 47.0 Å². The highest BCUT2D eigenvalue weighted by atomic mass is 35.5. The van der Waals surface area contributed by atoms with E-state index in [1.807, 2.05) is 13.8 Å². The topological polar surface area (TPSA) is 84.2 Å². The predicted molar refractivity (Wildman–Crippen MR) is 140 cm³/mol. The number of carbonyl (C=O) groups excluding carboxylic acids is 1. The maximum Gasteiger partial charge on any atom is 0.417 e. The third-order valence-electron chi connectivity index (χ3n) is 6.92. The van der Waals surface area contributed by atoms with E-state index in [0.29, 0.717) is 17.0 Å². The van der Waals surface area contributed by atoms with Crippen LogP contribution >= 0.6 is 23.4 Å². The van der Waals surface area contributed by atoms with Crippen LogP contribution in [0.4, 0.5) is 19.0 Å². The van der Waals surface area contributed by atoms with Crippen molar-refractivity contribution < 1.29 is 18.0 Å². The molecule has 2 aliphatic heterocycles. The van der Waals surface area contributed by atoms with Gasteiger partial charge in [-0.1, -0.05) is 18.2 Å². The lowest BCUT2D eigenvalue weighted by Gasteiger charge is -2.44. The highest BCUT2D eigenvalue weighted by molar-refractivity contribution is 7.99. The first-order valence-corrected chi connectivity index (χ1v) is 13.3. The van der Waals surface area contributed by atoms with Crippen LogP contribution in [0.2, 0.25) is 5.02 Å². The Kier molecular flexibility index (Phi) is 6.89. The van der Waals surface area contributed by atoms with Gasteiger partial charge in [-0.2, -0.15) is 18.2 Å². The minimum Gasteiger partial charge on any atom is -0.352 e. The number of halogens is 4. The fourth-order valence-electron chi connectivity index (χ4n) is 5.31. The lowest BCUT2D eigenvalue weighted by Crippen LogP contribution is -2.58. The average molecular weight is 565 g/mol. The van der Waals surface area contributed by atoms with E-state index in [0.717, 1.165) is 17.8 Å². The minimum absolute atomic E-state index is 0.146. The van der Waals surface area contributed by atoms with Crippen LogP contribution in [-0.2, 0) is 17.5 Å². The van der Waals surface area contributed by atoms with Gasteiger partial charge in [0.1, 0.15) is 5.82 Å². The Morgan fingerprint density at radius 1 is 1.21 bits per heavy atom. The largest absolute Gasteiger partial charge is 0.417 e. The number of rotatable bonds is 3. The van der Waals surface area contributed by atoms with Gasteiger partial charge in [0.15, 0.2) is 0 Å². The van der Waals surface area contributed by atoms with E-state index in [1.165, 1.54) is 23.0 Å². The Hall–Kier alpha value is -3.12. The van der Waals surface area contributed by atoms with Crippen molar-refractivity contribution in [1.82, 2.24) is 24.4 Å². The van der Waals surface area contributed by atoms with E-state index in [1.54, 1.807) is 16.0 Å². The number of benzene rings is 1. The van der Waals surface area contributed by atoms with Crippen molar-refractivity contribution in [1.29, 1.82) is 0 Å². The van der Waals surface area contributed by atoms with Gasteiger partial charge in [-0.15, -0.1) is 11.8 Å². The summed E-state index contributed by atoms with van der Waals surface area (Å²) in [5.74, 6) is -0.0355. The van der Waals surface area contributed by atoms with Crippen LogP contribution < -0.4 is 10.6 Å². The van der Waals surface area contributed by atoms with Crippen molar-refractivity contribution in [3.05, 3.63) is 64.1 Å². The van der Waals surface area contributed by atoms with Gasteiger partial charge in [0.2, 0.25) is 5.91 Å². The number of hydrogen-bond donors (Lipinski definition) is 0. The molecule has 0 bridgehead atoms. The number of nitrogens with zero attached hydrogens (tertiary/aromatic N) is 6. The van der Waals surface area contributed by atoms with Crippen molar-refractivity contribution in [2.24, 2.45) is 0 Å². The smallest absolute Gasteiger partial charge is 0.352 e. The third-order valence-corrected chi connectivity index (χ3v) is 8.68. The van der Waals surface area contributed by atoms with Crippen molar-refractivity contribution in [2.45, 2.75) is 49.5 Å². The monoisotopic (exact) mass is 564 g/mol. The number of hydrogen-bond acceptors (Lipinski definition) is 7. The first kappa shape index (κ1) is 26.5. The highest BCUT2D eigenvalue weighted by Gasteiger charge is 2.39. The van der Waals surface area contributed by atoms with Crippen molar-refractivity contribution in [3.8, 4) is 0 Å². The van der Waals surface area contributed by atoms with Gasteiger partial charge < -0.3 is 9.80 Å². The number of anilines is 1. The highest BCUT2D eigenvalue weighted by Crippen LogP contribution is 2.47. The molecule has 0 unspecified atom stereocenters. The van der Waals surface area contributed by atoms with Gasteiger partial charge >= 0.3 is 11.9 Å². The Morgan fingerprint density at radius 2 is 1.92 bits per heavy atom. The zero-order chi connectivity index (χ0) is 27.4. The molecule has 8 nitrogen and oxygen atoms in total. The fourth-order valence-corrected chi connectivity index (χ4v) is 6.96. The molecule has 3 atom stereocenters. The molecule has 3 aromatic rings. The van der Waals surface area contributed by atoms with Crippen LogP contribution in [0.25, 0.3) is 10.9 Å². The summed E-state index contributed by atoms with van der Waals surface area (Å²) >= 11 is 7.54. The second-order valence-corrected chi connectivity index (χ2v) is 10.9. The fraction of sp³-hybridized carbons (Fsp3) is 0.400. The number of carbonyl (C=O) groups is 1. The molecule has 1 fully saturated rings. The molecular formula is C25H24ClF3N6O2S. The predicted octanol–water partition coefficient (Wildman–Crippen LogP) is 4.36. The zero-order valence-corrected chi connectivity index (χ0v) is 22.1. The summed E-state index contributed by atoms with van der Waals surface area (Å²) in [6, 6.07) is 0.408. The van der Waals surface area contributed by atoms with Crippen LogP contribution in [-0.4, -0.2) is 61.3 Å². The molecule has 5 rings (SSSR count). The first-order valence-electron chi connectivity index (χ1n) is 11.9. The molecule has 1 amide bonds. The van der Waals surface area contributed by atoms with E-state index in [4.69, 9.17) is 11.6 Å². The zero-order valence-electron chi connectivity index (χ0n) is 20.6. The molecule has 4 heterocycles. The van der Waals surface area contributed by atoms with Gasteiger partial charge in [0.25, 0.3) is 0 Å². The average Bonchev–Trinajstić information content (AvgIpc) is 3.08. The number of amides is 1. The second-order valence-electron chi connectivity index (χ2n) is 9.48. The minimum atomic E-state index is -4.72. The molecule has 0 saturated carbocycles. The maximum absolute atomic E-state index is 14.1.